The van der Waals surface area contributed by atoms with Crippen LogP contribution in [0.3, 0.4) is 0 Å². The Bertz CT molecular complexity index is 943. The van der Waals surface area contributed by atoms with Crippen molar-refractivity contribution in [2.75, 3.05) is 25.5 Å². The SMILES string of the molecule is CN(C)c1c(CN(CC2CC2)C(=O)c2cccs2)c(-c2ccccc2)nn1C. The van der Waals surface area contributed by atoms with Crippen LogP contribution in [0.15, 0.2) is 47.8 Å². The summed E-state index contributed by atoms with van der Waals surface area (Å²) in [6.45, 7) is 1.38. The molecular weight excluding hydrogens is 368 g/mol. The summed E-state index contributed by atoms with van der Waals surface area (Å²) in [5, 5.41) is 6.78. The highest BCUT2D eigenvalue weighted by molar-refractivity contribution is 7.12. The summed E-state index contributed by atoms with van der Waals surface area (Å²) in [5.41, 5.74) is 3.13. The minimum absolute atomic E-state index is 0.120. The van der Waals surface area contributed by atoms with E-state index in [4.69, 9.17) is 5.10 Å². The second kappa shape index (κ2) is 7.80. The van der Waals surface area contributed by atoms with Crippen LogP contribution in [0.1, 0.15) is 28.1 Å². The van der Waals surface area contributed by atoms with Crippen LogP contribution in [-0.2, 0) is 13.6 Å². The molecule has 0 unspecified atom stereocenters. The number of carbonyl (C=O) groups excluding carboxylic acids is 1. The van der Waals surface area contributed by atoms with E-state index in [-0.39, 0.29) is 5.91 Å². The van der Waals surface area contributed by atoms with Crippen molar-refractivity contribution in [1.29, 1.82) is 0 Å². The van der Waals surface area contributed by atoms with Crippen molar-refractivity contribution in [3.05, 3.63) is 58.3 Å². The molecule has 0 radical (unpaired) electrons. The largest absolute Gasteiger partial charge is 0.363 e. The summed E-state index contributed by atoms with van der Waals surface area (Å²) in [4.78, 5) is 18.1. The van der Waals surface area contributed by atoms with Crippen LogP contribution in [0, 0.1) is 5.92 Å². The minimum Gasteiger partial charge on any atom is -0.363 e. The first-order valence-electron chi connectivity index (χ1n) is 9.66. The van der Waals surface area contributed by atoms with E-state index in [1.54, 1.807) is 0 Å². The third kappa shape index (κ3) is 3.83. The molecule has 6 heteroatoms. The Balaban J connectivity index is 1.74. The first kappa shape index (κ1) is 18.7. The number of anilines is 1. The second-order valence-corrected chi connectivity index (χ2v) is 8.59. The van der Waals surface area contributed by atoms with Gasteiger partial charge in [0.15, 0.2) is 0 Å². The van der Waals surface area contributed by atoms with Gasteiger partial charge in [-0.1, -0.05) is 36.4 Å². The number of aryl methyl sites for hydroxylation is 1. The van der Waals surface area contributed by atoms with Gasteiger partial charge in [0, 0.05) is 38.8 Å². The second-order valence-electron chi connectivity index (χ2n) is 7.64. The lowest BCUT2D eigenvalue weighted by molar-refractivity contribution is 0.0740. The molecule has 1 aliphatic rings. The van der Waals surface area contributed by atoms with Crippen molar-refractivity contribution in [2.45, 2.75) is 19.4 Å². The maximum Gasteiger partial charge on any atom is 0.264 e. The fourth-order valence-electron chi connectivity index (χ4n) is 3.67. The first-order chi connectivity index (χ1) is 13.5. The van der Waals surface area contributed by atoms with Crippen LogP contribution in [0.5, 0.6) is 0 Å². The Kier molecular flexibility index (Phi) is 5.22. The van der Waals surface area contributed by atoms with Crippen molar-refractivity contribution in [3.63, 3.8) is 0 Å². The van der Waals surface area contributed by atoms with E-state index < -0.39 is 0 Å². The molecule has 1 amide bonds. The van der Waals surface area contributed by atoms with Gasteiger partial charge in [-0.15, -0.1) is 11.3 Å². The van der Waals surface area contributed by atoms with Gasteiger partial charge in [0.05, 0.1) is 17.1 Å². The molecule has 146 valence electrons. The maximum atomic E-state index is 13.2. The summed E-state index contributed by atoms with van der Waals surface area (Å²) in [7, 11) is 6.03. The Morgan fingerprint density at radius 1 is 1.18 bits per heavy atom. The lowest BCUT2D eigenvalue weighted by Crippen LogP contribution is -2.32. The van der Waals surface area contributed by atoms with Gasteiger partial charge >= 0.3 is 0 Å². The van der Waals surface area contributed by atoms with Crippen molar-refractivity contribution in [3.8, 4) is 11.3 Å². The van der Waals surface area contributed by atoms with Crippen molar-refractivity contribution in [2.24, 2.45) is 13.0 Å². The third-order valence-corrected chi connectivity index (χ3v) is 5.98. The van der Waals surface area contributed by atoms with E-state index in [2.05, 4.69) is 17.0 Å². The molecule has 0 spiro atoms. The van der Waals surface area contributed by atoms with E-state index >= 15 is 0 Å². The molecule has 28 heavy (non-hydrogen) atoms. The molecule has 2 aromatic heterocycles. The highest BCUT2D eigenvalue weighted by Crippen LogP contribution is 2.35. The van der Waals surface area contributed by atoms with Crippen molar-refractivity contribution in [1.82, 2.24) is 14.7 Å². The first-order valence-corrected chi connectivity index (χ1v) is 10.5. The van der Waals surface area contributed by atoms with Crippen molar-refractivity contribution < 1.29 is 4.79 Å². The van der Waals surface area contributed by atoms with E-state index in [0.717, 1.165) is 34.1 Å². The van der Waals surface area contributed by atoms with Crippen LogP contribution in [0.25, 0.3) is 11.3 Å². The summed E-state index contributed by atoms with van der Waals surface area (Å²) >= 11 is 1.51. The highest BCUT2D eigenvalue weighted by Gasteiger charge is 2.30. The van der Waals surface area contributed by atoms with E-state index in [1.165, 1.54) is 24.2 Å². The van der Waals surface area contributed by atoms with Gasteiger partial charge in [0.1, 0.15) is 5.82 Å². The molecule has 1 fully saturated rings. The average molecular weight is 395 g/mol. The molecule has 3 aromatic rings. The Morgan fingerprint density at radius 2 is 1.93 bits per heavy atom. The Labute approximate surface area is 170 Å². The number of nitrogens with zero attached hydrogens (tertiary/aromatic N) is 4. The monoisotopic (exact) mass is 394 g/mol. The number of aromatic nitrogens is 2. The summed E-state index contributed by atoms with van der Waals surface area (Å²) in [6.07, 6.45) is 2.43. The molecule has 0 saturated heterocycles. The molecule has 1 aromatic carbocycles. The van der Waals surface area contributed by atoms with Gasteiger partial charge in [-0.3, -0.25) is 9.48 Å². The van der Waals surface area contributed by atoms with Gasteiger partial charge in [-0.25, -0.2) is 0 Å². The molecule has 0 atom stereocenters. The van der Waals surface area contributed by atoms with Gasteiger partial charge in [0.2, 0.25) is 0 Å². The number of hydrogen-bond donors (Lipinski definition) is 0. The number of hydrogen-bond acceptors (Lipinski definition) is 4. The molecule has 2 heterocycles. The van der Waals surface area contributed by atoms with E-state index in [1.807, 2.05) is 66.4 Å². The summed E-state index contributed by atoms with van der Waals surface area (Å²) in [5.74, 6) is 1.79. The number of benzene rings is 1. The zero-order valence-electron chi connectivity index (χ0n) is 16.6. The number of rotatable bonds is 7. The standard InChI is InChI=1S/C22H26N4OS/c1-24(2)21-18(20(23-25(21)3)17-8-5-4-6-9-17)15-26(14-16-11-12-16)22(27)19-10-7-13-28-19/h4-10,13,16H,11-12,14-15H2,1-3H3. The molecule has 1 saturated carbocycles. The maximum absolute atomic E-state index is 13.2. The molecule has 5 nitrogen and oxygen atoms in total. The minimum atomic E-state index is 0.120. The van der Waals surface area contributed by atoms with Gasteiger partial charge in [0.25, 0.3) is 5.91 Å². The van der Waals surface area contributed by atoms with Crippen LogP contribution >= 0.6 is 11.3 Å². The lowest BCUT2D eigenvalue weighted by atomic mass is 10.1. The molecular formula is C22H26N4OS. The summed E-state index contributed by atoms with van der Waals surface area (Å²) in [6, 6.07) is 14.1. The fraction of sp³-hybridized carbons (Fsp3) is 0.364. The Morgan fingerprint density at radius 3 is 2.54 bits per heavy atom. The molecule has 4 rings (SSSR count). The summed E-state index contributed by atoms with van der Waals surface area (Å²) < 4.78 is 1.92. The molecule has 0 aliphatic heterocycles. The molecule has 0 bridgehead atoms. The predicted octanol–water partition coefficient (Wildman–Crippen LogP) is 4.27. The van der Waals surface area contributed by atoms with Gasteiger partial charge in [-0.05, 0) is 30.2 Å². The van der Waals surface area contributed by atoms with Crippen LogP contribution in [-0.4, -0.2) is 41.2 Å². The van der Waals surface area contributed by atoms with E-state index in [9.17, 15) is 4.79 Å². The zero-order chi connectivity index (χ0) is 19.7. The zero-order valence-corrected chi connectivity index (χ0v) is 17.4. The molecule has 1 aliphatic carbocycles. The average Bonchev–Trinajstić information content (AvgIpc) is 3.21. The van der Waals surface area contributed by atoms with E-state index in [0.29, 0.717) is 12.5 Å². The Hall–Kier alpha value is -2.60. The number of amides is 1. The van der Waals surface area contributed by atoms with Crippen LogP contribution in [0.2, 0.25) is 0 Å². The molecule has 0 N–H and O–H groups in total. The number of thiophene rings is 1. The predicted molar refractivity (Wildman–Crippen MR) is 115 cm³/mol. The third-order valence-electron chi connectivity index (χ3n) is 5.13. The smallest absolute Gasteiger partial charge is 0.264 e. The fourth-order valence-corrected chi connectivity index (χ4v) is 4.36. The topological polar surface area (TPSA) is 41.4 Å². The highest BCUT2D eigenvalue weighted by atomic mass is 32.1. The van der Waals surface area contributed by atoms with Crippen LogP contribution in [0.4, 0.5) is 5.82 Å². The quantitative estimate of drug-likeness (QED) is 0.601. The lowest BCUT2D eigenvalue weighted by Gasteiger charge is -2.24. The van der Waals surface area contributed by atoms with Gasteiger partial charge < -0.3 is 9.80 Å². The van der Waals surface area contributed by atoms with Gasteiger partial charge in [-0.2, -0.15) is 5.10 Å². The van der Waals surface area contributed by atoms with Crippen LogP contribution < -0.4 is 4.90 Å². The number of carbonyl (C=O) groups is 1. The van der Waals surface area contributed by atoms with Crippen molar-refractivity contribution >= 4 is 23.1 Å². The normalized spacial score (nSPS) is 13.5.